The predicted molar refractivity (Wildman–Crippen MR) is 130 cm³/mol. The number of hydrogen-bond acceptors (Lipinski definition) is 7. The minimum atomic E-state index is -0.449. The number of nitrogens with zero attached hydrogens (tertiary/aromatic N) is 5. The summed E-state index contributed by atoms with van der Waals surface area (Å²) in [5, 5.41) is 20.1. The van der Waals surface area contributed by atoms with Crippen molar-refractivity contribution in [2.24, 2.45) is 0 Å². The number of halogens is 1. The highest BCUT2D eigenvalue weighted by Crippen LogP contribution is 2.60. The molecule has 2 aromatic heterocycles. The Labute approximate surface area is 211 Å². The number of H-pyrrole nitrogens is 1. The first-order valence-electron chi connectivity index (χ1n) is 12.0. The van der Waals surface area contributed by atoms with E-state index in [-0.39, 0.29) is 41.1 Å². The number of carbonyl (C=O) groups excluding carboxylic acids is 2. The fourth-order valence-corrected chi connectivity index (χ4v) is 5.03. The number of fused-ring (bicyclic) bond motifs is 2. The molecule has 2 aliphatic carbocycles. The molecule has 2 heterocycles. The lowest BCUT2D eigenvalue weighted by Crippen LogP contribution is -2.29. The summed E-state index contributed by atoms with van der Waals surface area (Å²) in [6, 6.07) is 11.9. The summed E-state index contributed by atoms with van der Waals surface area (Å²) >= 11 is 0. The van der Waals surface area contributed by atoms with Gasteiger partial charge in [0, 0.05) is 18.2 Å². The SMILES string of the molecule is Cc1cc(CNC(=O)c2cc(C(=O)N[C@H]3CC4(CC4)c4cc(-c5nn[nH]n5)ccc43)ncn2)ccc1F. The van der Waals surface area contributed by atoms with Crippen molar-refractivity contribution in [1.29, 1.82) is 0 Å². The first kappa shape index (κ1) is 22.9. The van der Waals surface area contributed by atoms with Crippen molar-refractivity contribution >= 4 is 11.8 Å². The van der Waals surface area contributed by atoms with Gasteiger partial charge in [-0.1, -0.05) is 24.3 Å². The highest BCUT2D eigenvalue weighted by Gasteiger charge is 2.52. The first-order valence-corrected chi connectivity index (χ1v) is 12.0. The monoisotopic (exact) mass is 498 g/mol. The maximum atomic E-state index is 13.5. The number of benzene rings is 2. The Hall–Kier alpha value is -4.54. The van der Waals surface area contributed by atoms with E-state index in [2.05, 4.69) is 47.3 Å². The van der Waals surface area contributed by atoms with Gasteiger partial charge in [0.15, 0.2) is 0 Å². The Morgan fingerprint density at radius 2 is 1.89 bits per heavy atom. The summed E-state index contributed by atoms with van der Waals surface area (Å²) in [5.41, 5.74) is 4.67. The van der Waals surface area contributed by atoms with Crippen molar-refractivity contribution in [3.63, 3.8) is 0 Å². The molecule has 2 aromatic carbocycles. The molecule has 0 bridgehead atoms. The Morgan fingerprint density at radius 3 is 2.62 bits per heavy atom. The molecule has 0 aliphatic heterocycles. The summed E-state index contributed by atoms with van der Waals surface area (Å²) in [6.07, 6.45) is 4.13. The number of rotatable bonds is 6. The number of aromatic nitrogens is 6. The maximum absolute atomic E-state index is 13.5. The Bertz CT molecular complexity index is 1520. The molecule has 1 spiro atoms. The van der Waals surface area contributed by atoms with Crippen LogP contribution in [-0.2, 0) is 12.0 Å². The van der Waals surface area contributed by atoms with Crippen molar-refractivity contribution in [3.05, 3.63) is 88.3 Å². The first-order chi connectivity index (χ1) is 17.9. The Kier molecular flexibility index (Phi) is 5.47. The van der Waals surface area contributed by atoms with Crippen LogP contribution >= 0.6 is 0 Å². The van der Waals surface area contributed by atoms with Crippen molar-refractivity contribution in [3.8, 4) is 11.4 Å². The molecule has 10 nitrogen and oxygen atoms in total. The van der Waals surface area contributed by atoms with Crippen LogP contribution in [0.15, 0.2) is 48.8 Å². The summed E-state index contributed by atoms with van der Waals surface area (Å²) in [5.74, 6) is -0.587. The number of tetrazole rings is 1. The van der Waals surface area contributed by atoms with Gasteiger partial charge in [-0.05, 0) is 71.2 Å². The topological polar surface area (TPSA) is 138 Å². The number of aryl methyl sites for hydroxylation is 1. The lowest BCUT2D eigenvalue weighted by molar-refractivity contribution is 0.0930. The number of carbonyl (C=O) groups is 2. The largest absolute Gasteiger partial charge is 0.347 e. The van der Waals surface area contributed by atoms with Crippen molar-refractivity contribution < 1.29 is 14.0 Å². The van der Waals surface area contributed by atoms with Gasteiger partial charge in [-0.2, -0.15) is 5.21 Å². The molecule has 1 saturated carbocycles. The van der Waals surface area contributed by atoms with Crippen molar-refractivity contribution in [1.82, 2.24) is 41.2 Å². The van der Waals surface area contributed by atoms with Crippen molar-refractivity contribution in [2.45, 2.75) is 44.2 Å². The van der Waals surface area contributed by atoms with Crippen LogP contribution in [0, 0.1) is 12.7 Å². The minimum absolute atomic E-state index is 0.0580. The normalized spacial score (nSPS) is 16.9. The van der Waals surface area contributed by atoms with Gasteiger partial charge in [0.25, 0.3) is 11.8 Å². The second kappa shape index (κ2) is 8.84. The van der Waals surface area contributed by atoms with Crippen LogP contribution in [0.25, 0.3) is 11.4 Å². The zero-order valence-corrected chi connectivity index (χ0v) is 20.0. The number of hydrogen-bond donors (Lipinski definition) is 3. The number of nitrogens with one attached hydrogen (secondary N) is 3. The van der Waals surface area contributed by atoms with Crippen LogP contribution in [-0.4, -0.2) is 42.4 Å². The molecule has 1 fully saturated rings. The second-order valence-corrected chi connectivity index (χ2v) is 9.60. The summed E-state index contributed by atoms with van der Waals surface area (Å²) in [7, 11) is 0. The van der Waals surface area contributed by atoms with Gasteiger partial charge in [-0.25, -0.2) is 14.4 Å². The third-order valence-electron chi connectivity index (χ3n) is 7.17. The molecule has 2 aliphatic rings. The van der Waals surface area contributed by atoms with E-state index in [1.807, 2.05) is 12.1 Å². The molecule has 186 valence electrons. The Balaban J connectivity index is 1.15. The highest BCUT2D eigenvalue weighted by molar-refractivity contribution is 5.97. The number of amides is 2. The fraction of sp³-hybridized carbons (Fsp3) is 0.269. The fourth-order valence-electron chi connectivity index (χ4n) is 5.03. The van der Waals surface area contributed by atoms with Gasteiger partial charge in [0.05, 0.1) is 6.04 Å². The van der Waals surface area contributed by atoms with Gasteiger partial charge in [-0.15, -0.1) is 10.2 Å². The van der Waals surface area contributed by atoms with Crippen LogP contribution in [0.1, 0.15) is 68.5 Å². The van der Waals surface area contributed by atoms with E-state index in [0.29, 0.717) is 11.4 Å². The smallest absolute Gasteiger partial charge is 0.270 e. The Morgan fingerprint density at radius 1 is 1.08 bits per heavy atom. The summed E-state index contributed by atoms with van der Waals surface area (Å²) in [4.78, 5) is 33.9. The number of aromatic amines is 1. The quantitative estimate of drug-likeness (QED) is 0.371. The predicted octanol–water partition coefficient (Wildman–Crippen LogP) is 2.94. The van der Waals surface area contributed by atoms with E-state index < -0.39 is 5.91 Å². The molecular weight excluding hydrogens is 475 g/mol. The molecule has 37 heavy (non-hydrogen) atoms. The highest BCUT2D eigenvalue weighted by atomic mass is 19.1. The molecule has 6 rings (SSSR count). The van der Waals surface area contributed by atoms with Crippen LogP contribution in [0.5, 0.6) is 0 Å². The van der Waals surface area contributed by atoms with Gasteiger partial charge in [0.2, 0.25) is 5.82 Å². The summed E-state index contributed by atoms with van der Waals surface area (Å²) in [6.45, 7) is 1.87. The zero-order valence-electron chi connectivity index (χ0n) is 20.0. The van der Waals surface area contributed by atoms with Crippen LogP contribution in [0.4, 0.5) is 4.39 Å². The second-order valence-electron chi connectivity index (χ2n) is 9.60. The van der Waals surface area contributed by atoms with E-state index in [1.165, 1.54) is 24.0 Å². The van der Waals surface area contributed by atoms with Gasteiger partial charge < -0.3 is 10.6 Å². The molecule has 1 atom stereocenters. The molecule has 0 saturated heterocycles. The van der Waals surface area contributed by atoms with E-state index in [4.69, 9.17) is 0 Å². The lowest BCUT2D eigenvalue weighted by atomic mass is 9.96. The molecule has 4 aromatic rings. The molecule has 11 heteroatoms. The van der Waals surface area contributed by atoms with Gasteiger partial charge in [-0.3, -0.25) is 9.59 Å². The lowest BCUT2D eigenvalue weighted by Gasteiger charge is -2.14. The minimum Gasteiger partial charge on any atom is -0.347 e. The zero-order chi connectivity index (χ0) is 25.6. The summed E-state index contributed by atoms with van der Waals surface area (Å²) < 4.78 is 13.5. The third-order valence-corrected chi connectivity index (χ3v) is 7.17. The van der Waals surface area contributed by atoms with Crippen molar-refractivity contribution in [2.75, 3.05) is 0 Å². The average molecular weight is 499 g/mol. The van der Waals surface area contributed by atoms with E-state index >= 15 is 0 Å². The molecule has 2 amide bonds. The van der Waals surface area contributed by atoms with Gasteiger partial charge >= 0.3 is 0 Å². The maximum Gasteiger partial charge on any atom is 0.270 e. The van der Waals surface area contributed by atoms with Gasteiger partial charge in [0.1, 0.15) is 23.5 Å². The van der Waals surface area contributed by atoms with Crippen LogP contribution in [0.3, 0.4) is 0 Å². The molecule has 0 unspecified atom stereocenters. The molecule has 0 radical (unpaired) electrons. The van der Waals surface area contributed by atoms with E-state index in [9.17, 15) is 14.0 Å². The van der Waals surface area contributed by atoms with E-state index in [0.717, 1.165) is 36.0 Å². The standard InChI is InChI=1S/C26H23FN8O2/c1-14-8-15(2-5-19(14)27)12-28-24(36)20-10-21(30-13-29-20)25(37)31-22-11-26(6-7-26)18-9-16(3-4-17(18)22)23-32-34-35-33-23/h2-5,8-10,13,22H,6-7,11-12H2,1H3,(H,28,36)(H,31,37)(H,32,33,34,35)/t22-/m0/s1. The molecule has 3 N–H and O–H groups in total. The van der Waals surface area contributed by atoms with E-state index in [1.54, 1.807) is 19.1 Å². The third kappa shape index (κ3) is 4.32. The van der Waals surface area contributed by atoms with Crippen LogP contribution in [0.2, 0.25) is 0 Å². The average Bonchev–Trinajstić information content (AvgIpc) is 3.35. The molecular formula is C26H23FN8O2. The van der Waals surface area contributed by atoms with Crippen LogP contribution < -0.4 is 10.6 Å².